The fraction of sp³-hybridized carbons (Fsp3) is 0.500. The lowest BCUT2D eigenvalue weighted by Crippen LogP contribution is -2.42. The number of hydrogen-bond donors (Lipinski definition) is 1. The van der Waals surface area contributed by atoms with E-state index in [0.29, 0.717) is 0 Å². The summed E-state index contributed by atoms with van der Waals surface area (Å²) in [5.74, 6) is -0.128. The van der Waals surface area contributed by atoms with Gasteiger partial charge in [0.25, 0.3) is 0 Å². The van der Waals surface area contributed by atoms with Crippen LogP contribution in [0.1, 0.15) is 24.3 Å². The maximum Gasteiger partial charge on any atom is 0.242 e. The van der Waals surface area contributed by atoms with E-state index in [-0.39, 0.29) is 11.9 Å². The minimum atomic E-state index is -0.623. The normalized spacial score (nSPS) is 14.3. The third-order valence-corrected chi connectivity index (χ3v) is 3.20. The molecule has 0 bridgehead atoms. The van der Waals surface area contributed by atoms with E-state index in [1.807, 2.05) is 44.4 Å². The quantitative estimate of drug-likeness (QED) is 0.804. The van der Waals surface area contributed by atoms with Gasteiger partial charge in [0, 0.05) is 12.6 Å². The van der Waals surface area contributed by atoms with E-state index < -0.39 is 5.38 Å². The molecule has 0 aliphatic rings. The third kappa shape index (κ3) is 4.67. The fourth-order valence-electron chi connectivity index (χ4n) is 1.77. The highest BCUT2D eigenvalue weighted by molar-refractivity contribution is 6.30. The summed E-state index contributed by atoms with van der Waals surface area (Å²) >= 11 is 6.17. The number of carbonyl (C=O) groups excluding carboxylic acids is 1. The van der Waals surface area contributed by atoms with Crippen molar-refractivity contribution in [1.29, 1.82) is 0 Å². The maximum absolute atomic E-state index is 12.0. The molecule has 2 atom stereocenters. The standard InChI is InChI=1S/C14H21ClN2O/c1-4-12(10-17(2)3)16-14(18)13(15)11-8-6-5-7-9-11/h5-9,12-13H,4,10H2,1-3H3,(H,16,18). The van der Waals surface area contributed by atoms with Gasteiger partial charge in [0.15, 0.2) is 0 Å². The Hall–Kier alpha value is -1.06. The first-order valence-electron chi connectivity index (χ1n) is 6.18. The average molecular weight is 269 g/mol. The number of nitrogens with one attached hydrogen (secondary N) is 1. The van der Waals surface area contributed by atoms with Crippen molar-refractivity contribution in [2.45, 2.75) is 24.8 Å². The number of halogens is 1. The van der Waals surface area contributed by atoms with E-state index in [9.17, 15) is 4.79 Å². The van der Waals surface area contributed by atoms with Crippen molar-refractivity contribution < 1.29 is 4.79 Å². The molecule has 1 rings (SSSR count). The minimum Gasteiger partial charge on any atom is -0.351 e. The van der Waals surface area contributed by atoms with Gasteiger partial charge in [-0.25, -0.2) is 0 Å². The summed E-state index contributed by atoms with van der Waals surface area (Å²) in [4.78, 5) is 14.1. The summed E-state index contributed by atoms with van der Waals surface area (Å²) in [5, 5.41) is 2.36. The van der Waals surface area contributed by atoms with Gasteiger partial charge in [-0.05, 0) is 26.1 Å². The molecule has 1 amide bonds. The number of likely N-dealkylation sites (N-methyl/N-ethyl adjacent to an activating group) is 1. The van der Waals surface area contributed by atoms with Crippen LogP contribution in [0.25, 0.3) is 0 Å². The van der Waals surface area contributed by atoms with E-state index in [0.717, 1.165) is 18.5 Å². The summed E-state index contributed by atoms with van der Waals surface area (Å²) in [5.41, 5.74) is 0.830. The summed E-state index contributed by atoms with van der Waals surface area (Å²) in [7, 11) is 3.98. The number of nitrogens with zero attached hydrogens (tertiary/aromatic N) is 1. The summed E-state index contributed by atoms with van der Waals surface area (Å²) in [6.45, 7) is 2.88. The van der Waals surface area contributed by atoms with E-state index in [1.54, 1.807) is 0 Å². The molecule has 0 aliphatic heterocycles. The van der Waals surface area contributed by atoms with E-state index in [2.05, 4.69) is 17.1 Å². The van der Waals surface area contributed by atoms with Crippen molar-refractivity contribution in [3.05, 3.63) is 35.9 Å². The Morgan fingerprint density at radius 3 is 2.44 bits per heavy atom. The maximum atomic E-state index is 12.0. The zero-order valence-corrected chi connectivity index (χ0v) is 11.9. The molecule has 4 heteroatoms. The molecule has 1 aromatic rings. The van der Waals surface area contributed by atoms with Crippen LogP contribution in [-0.4, -0.2) is 37.5 Å². The van der Waals surface area contributed by atoms with Crippen LogP contribution in [0.3, 0.4) is 0 Å². The van der Waals surface area contributed by atoms with Gasteiger partial charge in [0.1, 0.15) is 5.38 Å². The van der Waals surface area contributed by atoms with Gasteiger partial charge in [0.05, 0.1) is 0 Å². The Balaban J connectivity index is 2.59. The lowest BCUT2D eigenvalue weighted by molar-refractivity contribution is -0.121. The van der Waals surface area contributed by atoms with Crippen LogP contribution in [0, 0.1) is 0 Å². The summed E-state index contributed by atoms with van der Waals surface area (Å²) < 4.78 is 0. The van der Waals surface area contributed by atoms with Crippen LogP contribution in [0.5, 0.6) is 0 Å². The van der Waals surface area contributed by atoms with Crippen molar-refractivity contribution in [3.8, 4) is 0 Å². The highest BCUT2D eigenvalue weighted by Gasteiger charge is 2.20. The Labute approximate surface area is 114 Å². The van der Waals surface area contributed by atoms with Gasteiger partial charge in [-0.1, -0.05) is 37.3 Å². The monoisotopic (exact) mass is 268 g/mol. The Bertz CT molecular complexity index is 367. The average Bonchev–Trinajstić information content (AvgIpc) is 2.37. The number of hydrogen-bond acceptors (Lipinski definition) is 2. The molecule has 0 aromatic heterocycles. The highest BCUT2D eigenvalue weighted by Crippen LogP contribution is 2.20. The largest absolute Gasteiger partial charge is 0.351 e. The third-order valence-electron chi connectivity index (χ3n) is 2.75. The zero-order chi connectivity index (χ0) is 13.5. The molecule has 0 saturated heterocycles. The number of rotatable bonds is 6. The molecular formula is C14H21ClN2O. The SMILES string of the molecule is CCC(CN(C)C)NC(=O)C(Cl)c1ccccc1. The van der Waals surface area contributed by atoms with Crippen molar-refractivity contribution in [2.24, 2.45) is 0 Å². The van der Waals surface area contributed by atoms with Gasteiger partial charge < -0.3 is 10.2 Å². The molecule has 3 nitrogen and oxygen atoms in total. The van der Waals surface area contributed by atoms with Crippen LogP contribution in [-0.2, 0) is 4.79 Å². The molecule has 100 valence electrons. The lowest BCUT2D eigenvalue weighted by atomic mass is 10.1. The van der Waals surface area contributed by atoms with Gasteiger partial charge in [-0.2, -0.15) is 0 Å². The van der Waals surface area contributed by atoms with Crippen molar-refractivity contribution in [2.75, 3.05) is 20.6 Å². The minimum absolute atomic E-state index is 0.128. The molecule has 1 N–H and O–H groups in total. The van der Waals surface area contributed by atoms with Crippen LogP contribution >= 0.6 is 11.6 Å². The zero-order valence-electron chi connectivity index (χ0n) is 11.2. The van der Waals surface area contributed by atoms with E-state index >= 15 is 0 Å². The molecule has 0 saturated carbocycles. The molecule has 0 heterocycles. The molecule has 0 aliphatic carbocycles. The Kier molecular flexibility index (Phi) is 6.16. The second-order valence-corrected chi connectivity index (χ2v) is 5.09. The molecular weight excluding hydrogens is 248 g/mol. The van der Waals surface area contributed by atoms with Gasteiger partial charge >= 0.3 is 0 Å². The van der Waals surface area contributed by atoms with Gasteiger partial charge in [-0.15, -0.1) is 11.6 Å². The molecule has 2 unspecified atom stereocenters. The number of amides is 1. The van der Waals surface area contributed by atoms with Crippen molar-refractivity contribution in [1.82, 2.24) is 10.2 Å². The Morgan fingerprint density at radius 1 is 1.33 bits per heavy atom. The topological polar surface area (TPSA) is 32.3 Å². The first-order valence-corrected chi connectivity index (χ1v) is 6.62. The van der Waals surface area contributed by atoms with Crippen LogP contribution in [0.2, 0.25) is 0 Å². The molecule has 18 heavy (non-hydrogen) atoms. The highest BCUT2D eigenvalue weighted by atomic mass is 35.5. The van der Waals surface area contributed by atoms with Crippen LogP contribution in [0.15, 0.2) is 30.3 Å². The lowest BCUT2D eigenvalue weighted by Gasteiger charge is -2.22. The number of alkyl halides is 1. The van der Waals surface area contributed by atoms with Crippen molar-refractivity contribution in [3.63, 3.8) is 0 Å². The number of benzene rings is 1. The molecule has 0 radical (unpaired) electrons. The Morgan fingerprint density at radius 2 is 1.94 bits per heavy atom. The van der Waals surface area contributed by atoms with E-state index in [1.165, 1.54) is 0 Å². The van der Waals surface area contributed by atoms with Crippen LogP contribution in [0.4, 0.5) is 0 Å². The first kappa shape index (κ1) is 15.0. The summed E-state index contributed by atoms with van der Waals surface area (Å²) in [6.07, 6.45) is 0.891. The second kappa shape index (κ2) is 7.39. The smallest absolute Gasteiger partial charge is 0.242 e. The van der Waals surface area contributed by atoms with Crippen LogP contribution < -0.4 is 5.32 Å². The van der Waals surface area contributed by atoms with Gasteiger partial charge in [0.2, 0.25) is 5.91 Å². The predicted molar refractivity (Wildman–Crippen MR) is 75.8 cm³/mol. The summed E-state index contributed by atoms with van der Waals surface area (Å²) in [6, 6.07) is 9.54. The van der Waals surface area contributed by atoms with E-state index in [4.69, 9.17) is 11.6 Å². The molecule has 0 fully saturated rings. The predicted octanol–water partition coefficient (Wildman–Crippen LogP) is 2.42. The second-order valence-electron chi connectivity index (χ2n) is 4.65. The first-order chi connectivity index (χ1) is 8.54. The molecule has 0 spiro atoms. The van der Waals surface area contributed by atoms with Crippen molar-refractivity contribution >= 4 is 17.5 Å². The van der Waals surface area contributed by atoms with Gasteiger partial charge in [-0.3, -0.25) is 4.79 Å². The number of carbonyl (C=O) groups is 1. The molecule has 1 aromatic carbocycles. The fourth-order valence-corrected chi connectivity index (χ4v) is 1.97.